The first-order chi connectivity index (χ1) is 6.19. The number of aliphatic hydroxyl groups is 1. The van der Waals surface area contributed by atoms with Gasteiger partial charge in [0.05, 0.1) is 13.2 Å². The summed E-state index contributed by atoms with van der Waals surface area (Å²) >= 11 is 0. The molecule has 1 rings (SSSR count). The highest BCUT2D eigenvalue weighted by Crippen LogP contribution is 2.28. The summed E-state index contributed by atoms with van der Waals surface area (Å²) < 4.78 is 4.85. The van der Waals surface area contributed by atoms with Crippen molar-refractivity contribution in [3.05, 3.63) is 23.8 Å². The molecular weight excluding hydrogens is 206 g/mol. The predicted octanol–water partition coefficient (Wildman–Crippen LogP) is 0.815. The van der Waals surface area contributed by atoms with Gasteiger partial charge in [0.15, 0.2) is 11.5 Å². The van der Waals surface area contributed by atoms with Gasteiger partial charge in [-0.2, -0.15) is 0 Å². The Bertz CT molecular complexity index is 293. The van der Waals surface area contributed by atoms with Crippen molar-refractivity contribution in [3.8, 4) is 11.5 Å². The number of hydrogen-bond donors (Lipinski definition) is 3. The number of phenols is 1. The van der Waals surface area contributed by atoms with Gasteiger partial charge in [-0.15, -0.1) is 12.4 Å². The molecule has 1 atom stereocenters. The lowest BCUT2D eigenvalue weighted by molar-refractivity contribution is 0.186. The molecule has 14 heavy (non-hydrogen) atoms. The van der Waals surface area contributed by atoms with Crippen molar-refractivity contribution in [2.24, 2.45) is 5.73 Å². The number of aromatic hydroxyl groups is 1. The highest BCUT2D eigenvalue weighted by Gasteiger charge is 2.08. The van der Waals surface area contributed by atoms with Crippen molar-refractivity contribution in [2.75, 3.05) is 13.7 Å². The zero-order chi connectivity index (χ0) is 9.84. The number of hydrogen-bond acceptors (Lipinski definition) is 4. The number of rotatable bonds is 3. The smallest absolute Gasteiger partial charge is 0.160 e. The quantitative estimate of drug-likeness (QED) is 0.704. The van der Waals surface area contributed by atoms with Gasteiger partial charge < -0.3 is 20.7 Å². The fourth-order valence-electron chi connectivity index (χ4n) is 1.05. The molecule has 0 aliphatic carbocycles. The van der Waals surface area contributed by atoms with Crippen LogP contribution in [0.15, 0.2) is 18.2 Å². The zero-order valence-corrected chi connectivity index (χ0v) is 8.62. The Morgan fingerprint density at radius 2 is 2.14 bits per heavy atom. The first-order valence-corrected chi connectivity index (χ1v) is 3.94. The summed E-state index contributed by atoms with van der Waals surface area (Å²) in [5.74, 6) is 0.389. The first kappa shape index (κ1) is 13.0. The fraction of sp³-hybridized carbons (Fsp3) is 0.333. The Hall–Kier alpha value is -0.970. The molecule has 5 heteroatoms. The number of halogens is 1. The molecule has 1 aromatic carbocycles. The van der Waals surface area contributed by atoms with E-state index in [1.165, 1.54) is 13.2 Å². The molecule has 4 nitrogen and oxygen atoms in total. The molecule has 0 fully saturated rings. The van der Waals surface area contributed by atoms with Crippen LogP contribution in [0, 0.1) is 0 Å². The number of methoxy groups -OCH3 is 1. The molecule has 0 aromatic heterocycles. The van der Waals surface area contributed by atoms with E-state index in [-0.39, 0.29) is 24.7 Å². The van der Waals surface area contributed by atoms with Crippen molar-refractivity contribution in [3.63, 3.8) is 0 Å². The van der Waals surface area contributed by atoms with E-state index in [9.17, 15) is 10.2 Å². The van der Waals surface area contributed by atoms with E-state index in [1.807, 2.05) is 0 Å². The standard InChI is InChI=1S/C9H13NO3.ClH/c1-13-9-3-2-6(4-7(9)11)8(12)5-10;/h2-4,8,11-12H,5,10H2,1H3;1H. The maximum absolute atomic E-state index is 9.36. The van der Waals surface area contributed by atoms with E-state index in [0.717, 1.165) is 0 Å². The summed E-state index contributed by atoms with van der Waals surface area (Å²) in [6.45, 7) is 0.131. The molecule has 0 radical (unpaired) electrons. The molecule has 0 aliphatic heterocycles. The molecule has 0 saturated heterocycles. The Morgan fingerprint density at radius 1 is 1.50 bits per heavy atom. The Labute approximate surface area is 88.7 Å². The van der Waals surface area contributed by atoms with Crippen LogP contribution in [0.1, 0.15) is 11.7 Å². The summed E-state index contributed by atoms with van der Waals surface area (Å²) in [4.78, 5) is 0. The summed E-state index contributed by atoms with van der Waals surface area (Å²) in [7, 11) is 1.47. The Kier molecular flexibility index (Phi) is 5.30. The van der Waals surface area contributed by atoms with Crippen LogP contribution in [-0.4, -0.2) is 23.9 Å². The average molecular weight is 220 g/mol. The minimum Gasteiger partial charge on any atom is -0.504 e. The van der Waals surface area contributed by atoms with E-state index in [2.05, 4.69) is 0 Å². The molecule has 80 valence electrons. The predicted molar refractivity (Wildman–Crippen MR) is 55.9 cm³/mol. The van der Waals surface area contributed by atoms with Gasteiger partial charge in [-0.25, -0.2) is 0 Å². The number of nitrogens with two attached hydrogens (primary N) is 1. The van der Waals surface area contributed by atoms with Gasteiger partial charge in [0.25, 0.3) is 0 Å². The number of aliphatic hydroxyl groups excluding tert-OH is 1. The van der Waals surface area contributed by atoms with Gasteiger partial charge in [-0.05, 0) is 17.7 Å². The largest absolute Gasteiger partial charge is 0.504 e. The van der Waals surface area contributed by atoms with Crippen molar-refractivity contribution >= 4 is 12.4 Å². The van der Waals surface area contributed by atoms with Crippen LogP contribution in [0.3, 0.4) is 0 Å². The SMILES string of the molecule is COc1ccc(C(O)CN)cc1O.Cl. The topological polar surface area (TPSA) is 75.7 Å². The normalized spacial score (nSPS) is 11.6. The van der Waals surface area contributed by atoms with Crippen LogP contribution in [0.5, 0.6) is 11.5 Å². The minimum atomic E-state index is -0.739. The van der Waals surface area contributed by atoms with Gasteiger partial charge in [-0.1, -0.05) is 6.07 Å². The summed E-state index contributed by atoms with van der Waals surface area (Å²) in [6, 6.07) is 4.69. The third-order valence-electron chi connectivity index (χ3n) is 1.81. The first-order valence-electron chi connectivity index (χ1n) is 3.94. The van der Waals surface area contributed by atoms with Gasteiger partial charge in [0, 0.05) is 6.54 Å². The molecule has 0 aliphatic rings. The van der Waals surface area contributed by atoms with Crippen LogP contribution >= 0.6 is 12.4 Å². The molecule has 0 amide bonds. The van der Waals surface area contributed by atoms with Crippen LogP contribution in [0.25, 0.3) is 0 Å². The molecule has 0 saturated carbocycles. The molecule has 1 aromatic rings. The van der Waals surface area contributed by atoms with Crippen LogP contribution in [0.4, 0.5) is 0 Å². The summed E-state index contributed by atoms with van der Waals surface area (Å²) in [5, 5.41) is 18.7. The molecule has 4 N–H and O–H groups in total. The van der Waals surface area contributed by atoms with Gasteiger partial charge in [0.2, 0.25) is 0 Å². The second-order valence-electron chi connectivity index (χ2n) is 2.68. The maximum atomic E-state index is 9.36. The van der Waals surface area contributed by atoms with E-state index in [4.69, 9.17) is 10.5 Å². The monoisotopic (exact) mass is 219 g/mol. The Balaban J connectivity index is 0.00000169. The van der Waals surface area contributed by atoms with Crippen LogP contribution in [0.2, 0.25) is 0 Å². The third-order valence-corrected chi connectivity index (χ3v) is 1.81. The molecular formula is C9H14ClNO3. The lowest BCUT2D eigenvalue weighted by Gasteiger charge is -2.09. The highest BCUT2D eigenvalue weighted by molar-refractivity contribution is 5.85. The van der Waals surface area contributed by atoms with E-state index in [1.54, 1.807) is 12.1 Å². The van der Waals surface area contributed by atoms with Crippen LogP contribution in [-0.2, 0) is 0 Å². The highest BCUT2D eigenvalue weighted by atomic mass is 35.5. The molecule has 0 heterocycles. The second kappa shape index (κ2) is 5.70. The van der Waals surface area contributed by atoms with Crippen molar-refractivity contribution in [1.29, 1.82) is 0 Å². The van der Waals surface area contributed by atoms with Crippen molar-refractivity contribution < 1.29 is 14.9 Å². The van der Waals surface area contributed by atoms with Crippen LogP contribution < -0.4 is 10.5 Å². The van der Waals surface area contributed by atoms with E-state index < -0.39 is 6.10 Å². The van der Waals surface area contributed by atoms with Crippen molar-refractivity contribution in [1.82, 2.24) is 0 Å². The van der Waals surface area contributed by atoms with E-state index >= 15 is 0 Å². The van der Waals surface area contributed by atoms with Gasteiger partial charge >= 0.3 is 0 Å². The fourth-order valence-corrected chi connectivity index (χ4v) is 1.05. The molecule has 1 unspecified atom stereocenters. The lowest BCUT2D eigenvalue weighted by Crippen LogP contribution is -2.11. The zero-order valence-electron chi connectivity index (χ0n) is 7.80. The van der Waals surface area contributed by atoms with Gasteiger partial charge in [0.1, 0.15) is 0 Å². The van der Waals surface area contributed by atoms with E-state index in [0.29, 0.717) is 11.3 Å². The summed E-state index contributed by atoms with van der Waals surface area (Å²) in [6.07, 6.45) is -0.739. The van der Waals surface area contributed by atoms with Crippen molar-refractivity contribution in [2.45, 2.75) is 6.10 Å². The Morgan fingerprint density at radius 3 is 2.57 bits per heavy atom. The lowest BCUT2D eigenvalue weighted by atomic mass is 10.1. The minimum absolute atomic E-state index is 0. The molecule has 0 bridgehead atoms. The summed E-state index contributed by atoms with van der Waals surface area (Å²) in [5.41, 5.74) is 5.85. The van der Waals surface area contributed by atoms with Gasteiger partial charge in [-0.3, -0.25) is 0 Å². The second-order valence-corrected chi connectivity index (χ2v) is 2.68. The third kappa shape index (κ3) is 2.77. The molecule has 0 spiro atoms. The number of phenolic OH excluding ortho intramolecular Hbond substituents is 1. The number of benzene rings is 1. The number of ether oxygens (including phenoxy) is 1. The maximum Gasteiger partial charge on any atom is 0.160 e. The average Bonchev–Trinajstić information content (AvgIpc) is 2.16.